The molecular weight excluding hydrogens is 213 g/mol. The molecule has 68 valence electrons. The lowest BCUT2D eigenvalue weighted by molar-refractivity contribution is -0.0435. The lowest BCUT2D eigenvalue weighted by atomic mass is 10.7. The van der Waals surface area contributed by atoms with Crippen molar-refractivity contribution in [3.8, 4) is 0 Å². The molecule has 0 aliphatic heterocycles. The van der Waals surface area contributed by atoms with Crippen molar-refractivity contribution in [1.29, 1.82) is 0 Å². The van der Waals surface area contributed by atoms with Gasteiger partial charge in [-0.15, -0.1) is 0 Å². The van der Waals surface area contributed by atoms with E-state index in [-0.39, 0.29) is 0 Å². The largest absolute Gasteiger partial charge is 0.501 e. The summed E-state index contributed by atoms with van der Waals surface area (Å²) in [5.41, 5.74) is -5.20. The third kappa shape index (κ3) is 1.46. The molecule has 1 rings (SSSR count). The summed E-state index contributed by atoms with van der Waals surface area (Å²) in [6, 6.07) is 0.924. The van der Waals surface area contributed by atoms with Crippen molar-refractivity contribution in [3.05, 3.63) is 16.8 Å². The van der Waals surface area contributed by atoms with E-state index in [9.17, 15) is 21.6 Å². The van der Waals surface area contributed by atoms with E-state index in [1.807, 2.05) is 0 Å². The molecule has 2 nitrogen and oxygen atoms in total. The first kappa shape index (κ1) is 9.53. The predicted octanol–water partition coefficient (Wildman–Crippen LogP) is 2.04. The van der Waals surface area contributed by atoms with E-state index < -0.39 is 20.2 Å². The first-order chi connectivity index (χ1) is 5.36. The molecule has 0 N–H and O–H groups in total. The summed E-state index contributed by atoms with van der Waals surface area (Å²) in [5.74, 6) is 0. The molecule has 0 saturated heterocycles. The Kier molecular flexibility index (Phi) is 2.17. The topological polar surface area (TPSA) is 34.1 Å². The van der Waals surface area contributed by atoms with Crippen LogP contribution in [0.2, 0.25) is 0 Å². The fraction of sp³-hybridized carbons (Fsp3) is 0.200. The average Bonchev–Trinajstić information content (AvgIpc) is 2.34. The number of sulfone groups is 1. The molecule has 0 amide bonds. The fourth-order valence-corrected chi connectivity index (χ4v) is 2.33. The Balaban J connectivity index is 3.22. The number of hydrogen-bond acceptors (Lipinski definition) is 3. The van der Waals surface area contributed by atoms with E-state index >= 15 is 0 Å². The van der Waals surface area contributed by atoms with Gasteiger partial charge < -0.3 is 0 Å². The number of hydrogen-bond donors (Lipinski definition) is 0. The molecule has 0 aliphatic carbocycles. The van der Waals surface area contributed by atoms with Crippen molar-refractivity contribution in [1.82, 2.24) is 0 Å². The molecular formula is C5H3F3O2S2. The van der Waals surface area contributed by atoms with Gasteiger partial charge in [-0.25, -0.2) is 8.42 Å². The van der Waals surface area contributed by atoms with Crippen LogP contribution in [-0.4, -0.2) is 13.9 Å². The monoisotopic (exact) mass is 216 g/mol. The van der Waals surface area contributed by atoms with Crippen LogP contribution in [0.3, 0.4) is 0 Å². The zero-order valence-corrected chi connectivity index (χ0v) is 7.13. The van der Waals surface area contributed by atoms with E-state index in [0.717, 1.165) is 22.8 Å². The normalized spacial score (nSPS) is 13.2. The molecule has 0 aromatic carbocycles. The average molecular weight is 216 g/mol. The summed E-state index contributed by atoms with van der Waals surface area (Å²) in [5, 5.41) is 2.22. The summed E-state index contributed by atoms with van der Waals surface area (Å²) >= 11 is 0.903. The summed E-state index contributed by atoms with van der Waals surface area (Å²) < 4.78 is 56.6. The highest BCUT2D eigenvalue weighted by Gasteiger charge is 2.46. The van der Waals surface area contributed by atoms with E-state index in [0.29, 0.717) is 0 Å². The first-order valence-electron chi connectivity index (χ1n) is 2.69. The molecule has 0 aliphatic rings. The van der Waals surface area contributed by atoms with E-state index in [4.69, 9.17) is 0 Å². The highest BCUT2D eigenvalue weighted by atomic mass is 32.2. The van der Waals surface area contributed by atoms with Gasteiger partial charge in [0.25, 0.3) is 9.84 Å². The maximum atomic E-state index is 11.8. The number of rotatable bonds is 1. The van der Waals surface area contributed by atoms with Gasteiger partial charge in [0.2, 0.25) is 0 Å². The zero-order chi connectivity index (χ0) is 9.41. The van der Waals surface area contributed by atoms with Crippen LogP contribution in [0.15, 0.2) is 21.7 Å². The lowest BCUT2D eigenvalue weighted by Crippen LogP contribution is -2.22. The Morgan fingerprint density at radius 2 is 1.92 bits per heavy atom. The second-order valence-corrected chi connectivity index (χ2v) is 4.63. The van der Waals surface area contributed by atoms with Crippen molar-refractivity contribution >= 4 is 21.2 Å². The fourth-order valence-electron chi connectivity index (χ4n) is 0.539. The molecule has 0 bridgehead atoms. The molecule has 12 heavy (non-hydrogen) atoms. The van der Waals surface area contributed by atoms with Crippen LogP contribution in [-0.2, 0) is 9.84 Å². The molecule has 0 unspecified atom stereocenters. The minimum atomic E-state index is -5.20. The Morgan fingerprint density at radius 3 is 2.25 bits per heavy atom. The van der Waals surface area contributed by atoms with Gasteiger partial charge >= 0.3 is 5.51 Å². The van der Waals surface area contributed by atoms with Crippen molar-refractivity contribution in [2.75, 3.05) is 0 Å². The van der Waals surface area contributed by atoms with Crippen molar-refractivity contribution in [3.63, 3.8) is 0 Å². The predicted molar refractivity (Wildman–Crippen MR) is 37.6 cm³/mol. The standard InChI is InChI=1S/C5H3F3O2S2/c6-5(7,8)12(9,10)4-1-2-11-3-4/h1-3H. The van der Waals surface area contributed by atoms with Crippen molar-refractivity contribution in [2.45, 2.75) is 10.4 Å². The third-order valence-corrected chi connectivity index (χ3v) is 3.43. The van der Waals surface area contributed by atoms with Crippen LogP contribution in [0.5, 0.6) is 0 Å². The quantitative estimate of drug-likeness (QED) is 0.719. The molecule has 1 heterocycles. The molecule has 0 saturated carbocycles. The Bertz CT molecular complexity index is 349. The Labute approximate surface area is 70.6 Å². The minimum absolute atomic E-state index is 0.694. The third-order valence-electron chi connectivity index (χ3n) is 1.11. The van der Waals surface area contributed by atoms with Crippen LogP contribution in [0.25, 0.3) is 0 Å². The molecule has 1 aromatic heterocycles. The molecule has 0 atom stereocenters. The van der Waals surface area contributed by atoms with Crippen LogP contribution >= 0.6 is 11.3 Å². The maximum absolute atomic E-state index is 11.8. The Morgan fingerprint density at radius 1 is 1.33 bits per heavy atom. The van der Waals surface area contributed by atoms with Gasteiger partial charge in [-0.3, -0.25) is 0 Å². The number of thiophene rings is 1. The Hall–Kier alpha value is -0.560. The maximum Gasteiger partial charge on any atom is 0.501 e. The molecule has 7 heteroatoms. The highest BCUT2D eigenvalue weighted by molar-refractivity contribution is 7.92. The summed E-state index contributed by atoms with van der Waals surface area (Å²) in [4.78, 5) is -0.694. The van der Waals surface area contributed by atoms with Gasteiger partial charge in [0.15, 0.2) is 0 Å². The summed E-state index contributed by atoms with van der Waals surface area (Å²) in [6.07, 6.45) is 0. The number of alkyl halides is 3. The highest BCUT2D eigenvalue weighted by Crippen LogP contribution is 2.30. The van der Waals surface area contributed by atoms with Gasteiger partial charge in [0.1, 0.15) is 0 Å². The van der Waals surface area contributed by atoms with E-state index in [1.165, 1.54) is 5.38 Å². The van der Waals surface area contributed by atoms with Crippen molar-refractivity contribution in [2.24, 2.45) is 0 Å². The molecule has 1 aromatic rings. The smallest absolute Gasteiger partial charge is 0.214 e. The molecule has 0 radical (unpaired) electrons. The minimum Gasteiger partial charge on any atom is -0.214 e. The lowest BCUT2D eigenvalue weighted by Gasteiger charge is -2.04. The van der Waals surface area contributed by atoms with E-state index in [1.54, 1.807) is 0 Å². The van der Waals surface area contributed by atoms with Gasteiger partial charge in [0.05, 0.1) is 4.90 Å². The van der Waals surface area contributed by atoms with Gasteiger partial charge in [-0.2, -0.15) is 24.5 Å². The van der Waals surface area contributed by atoms with Gasteiger partial charge in [0, 0.05) is 5.38 Å². The molecule has 0 spiro atoms. The second-order valence-electron chi connectivity index (χ2n) is 1.91. The van der Waals surface area contributed by atoms with Gasteiger partial charge in [-0.05, 0) is 11.4 Å². The van der Waals surface area contributed by atoms with Crippen molar-refractivity contribution < 1.29 is 21.6 Å². The second kappa shape index (κ2) is 2.74. The summed E-state index contributed by atoms with van der Waals surface area (Å²) in [6.45, 7) is 0. The van der Waals surface area contributed by atoms with Crippen LogP contribution in [0.4, 0.5) is 13.2 Å². The SMILES string of the molecule is O=S(=O)(c1ccsc1)C(F)(F)F. The van der Waals surface area contributed by atoms with Crippen LogP contribution < -0.4 is 0 Å². The molecule has 0 fully saturated rings. The van der Waals surface area contributed by atoms with E-state index in [2.05, 4.69) is 0 Å². The zero-order valence-electron chi connectivity index (χ0n) is 5.50. The summed E-state index contributed by atoms with van der Waals surface area (Å²) in [7, 11) is -5.12. The number of halogens is 3. The van der Waals surface area contributed by atoms with Crippen LogP contribution in [0, 0.1) is 0 Å². The van der Waals surface area contributed by atoms with Crippen LogP contribution in [0.1, 0.15) is 0 Å². The van der Waals surface area contributed by atoms with Gasteiger partial charge in [-0.1, -0.05) is 0 Å². The first-order valence-corrected chi connectivity index (χ1v) is 5.12.